The molecule has 16 heavy (non-hydrogen) atoms. The van der Waals surface area contributed by atoms with E-state index < -0.39 is 6.29 Å². The van der Waals surface area contributed by atoms with Gasteiger partial charge < -0.3 is 9.47 Å². The summed E-state index contributed by atoms with van der Waals surface area (Å²) in [6.45, 7) is 4.07. The van der Waals surface area contributed by atoms with E-state index in [2.05, 4.69) is 5.10 Å². The van der Waals surface area contributed by atoms with Gasteiger partial charge in [0.1, 0.15) is 0 Å². The zero-order valence-electron chi connectivity index (χ0n) is 10.1. The summed E-state index contributed by atoms with van der Waals surface area (Å²) in [5.41, 5.74) is 0.734. The molecule has 0 aliphatic heterocycles. The van der Waals surface area contributed by atoms with Crippen LogP contribution in [0.25, 0.3) is 0 Å². The zero-order chi connectivity index (χ0) is 12.1. The first-order valence-corrected chi connectivity index (χ1v) is 5.20. The Labute approximate surface area is 95.3 Å². The molecule has 1 aromatic heterocycles. The maximum absolute atomic E-state index is 11.7. The fraction of sp³-hybridized carbons (Fsp3) is 0.636. The molecule has 1 aromatic rings. The quantitative estimate of drug-likeness (QED) is 0.684. The maximum Gasteiger partial charge on any atom is 0.217 e. The van der Waals surface area contributed by atoms with Crippen molar-refractivity contribution in [3.8, 4) is 0 Å². The number of hydrogen-bond acceptors (Lipinski definition) is 4. The number of nitrogens with zero attached hydrogens (tertiary/aromatic N) is 2. The van der Waals surface area contributed by atoms with Crippen molar-refractivity contribution < 1.29 is 14.3 Å². The molecular weight excluding hydrogens is 208 g/mol. The maximum atomic E-state index is 11.7. The van der Waals surface area contributed by atoms with Crippen molar-refractivity contribution in [2.75, 3.05) is 14.2 Å². The van der Waals surface area contributed by atoms with Crippen molar-refractivity contribution in [2.24, 2.45) is 0 Å². The summed E-state index contributed by atoms with van der Waals surface area (Å²) in [5, 5.41) is 4.29. The Morgan fingerprint density at radius 1 is 1.44 bits per heavy atom. The lowest BCUT2D eigenvalue weighted by Crippen LogP contribution is -2.26. The molecule has 1 heterocycles. The minimum Gasteiger partial charge on any atom is -0.349 e. The molecule has 0 saturated heterocycles. The third-order valence-electron chi connectivity index (χ3n) is 2.24. The first kappa shape index (κ1) is 12.9. The van der Waals surface area contributed by atoms with Gasteiger partial charge >= 0.3 is 0 Å². The lowest BCUT2D eigenvalue weighted by Gasteiger charge is -2.10. The van der Waals surface area contributed by atoms with Crippen LogP contribution in [-0.2, 0) is 20.7 Å². The summed E-state index contributed by atoms with van der Waals surface area (Å²) in [6.07, 6.45) is 1.29. The summed E-state index contributed by atoms with van der Waals surface area (Å²) in [4.78, 5) is 11.7. The van der Waals surface area contributed by atoms with Crippen LogP contribution < -0.4 is 0 Å². The molecule has 0 radical (unpaired) electrons. The van der Waals surface area contributed by atoms with Gasteiger partial charge in [0.15, 0.2) is 5.78 Å². The van der Waals surface area contributed by atoms with Gasteiger partial charge in [-0.2, -0.15) is 5.10 Å². The lowest BCUT2D eigenvalue weighted by atomic mass is 10.2. The molecule has 0 saturated carbocycles. The van der Waals surface area contributed by atoms with Crippen molar-refractivity contribution in [1.82, 2.24) is 9.78 Å². The van der Waals surface area contributed by atoms with Gasteiger partial charge in [0.25, 0.3) is 0 Å². The van der Waals surface area contributed by atoms with Crippen LogP contribution in [-0.4, -0.2) is 36.1 Å². The number of carbonyl (C=O) groups excluding carboxylic acids is 1. The van der Waals surface area contributed by atoms with Crippen LogP contribution >= 0.6 is 0 Å². The molecule has 0 atom stereocenters. The number of aromatic nitrogens is 2. The van der Waals surface area contributed by atoms with E-state index in [1.807, 2.05) is 30.8 Å². The van der Waals surface area contributed by atoms with Crippen LogP contribution in [0.15, 0.2) is 12.3 Å². The van der Waals surface area contributed by atoms with Gasteiger partial charge in [-0.1, -0.05) is 0 Å². The molecule has 0 N–H and O–H groups in total. The molecule has 90 valence electrons. The summed E-state index contributed by atoms with van der Waals surface area (Å²) in [7, 11) is 2.89. The average molecular weight is 226 g/mol. The Kier molecular flexibility index (Phi) is 4.64. The minimum atomic E-state index is -0.802. The Morgan fingerprint density at radius 3 is 2.50 bits per heavy atom. The predicted octanol–water partition coefficient (Wildman–Crippen LogP) is 1.19. The first-order chi connectivity index (χ1) is 7.58. The van der Waals surface area contributed by atoms with Gasteiger partial charge in [-0.05, 0) is 19.9 Å². The number of carbonyl (C=O) groups is 1. The second-order valence-corrected chi connectivity index (χ2v) is 3.83. The second kappa shape index (κ2) is 5.77. The highest BCUT2D eigenvalue weighted by Crippen LogP contribution is 2.06. The van der Waals surface area contributed by atoms with E-state index in [-0.39, 0.29) is 12.2 Å². The summed E-state index contributed by atoms with van der Waals surface area (Å²) >= 11 is 0. The molecule has 5 nitrogen and oxygen atoms in total. The second-order valence-electron chi connectivity index (χ2n) is 3.83. The van der Waals surface area contributed by atoms with Crippen LogP contribution in [0.2, 0.25) is 0 Å². The van der Waals surface area contributed by atoms with Gasteiger partial charge in [0.05, 0.1) is 12.1 Å². The molecule has 0 aliphatic rings. The number of ether oxygens (including phenoxy) is 2. The van der Waals surface area contributed by atoms with E-state index >= 15 is 0 Å². The Balaban J connectivity index is 2.62. The molecular formula is C11H18N2O3. The number of Topliss-reactive ketones (excluding diaryl/α,β-unsaturated/α-hetero) is 1. The molecule has 0 spiro atoms. The van der Waals surface area contributed by atoms with E-state index in [4.69, 9.17) is 9.47 Å². The molecule has 0 aromatic carbocycles. The topological polar surface area (TPSA) is 53.4 Å². The van der Waals surface area contributed by atoms with E-state index in [0.717, 1.165) is 5.69 Å². The molecule has 0 fully saturated rings. The van der Waals surface area contributed by atoms with Gasteiger partial charge in [-0.25, -0.2) is 0 Å². The third kappa shape index (κ3) is 3.15. The van der Waals surface area contributed by atoms with E-state index in [9.17, 15) is 4.79 Å². The summed E-state index contributed by atoms with van der Waals surface area (Å²) in [6, 6.07) is 2.13. The van der Waals surface area contributed by atoms with Crippen molar-refractivity contribution in [3.63, 3.8) is 0 Å². The molecule has 5 heteroatoms. The molecule has 0 bridgehead atoms. The highest BCUT2D eigenvalue weighted by molar-refractivity contribution is 5.83. The molecule has 0 aliphatic carbocycles. The normalized spacial score (nSPS) is 11.4. The van der Waals surface area contributed by atoms with Gasteiger partial charge in [-0.15, -0.1) is 0 Å². The smallest absolute Gasteiger partial charge is 0.217 e. The summed E-state index contributed by atoms with van der Waals surface area (Å²) in [5.74, 6) is -0.126. The summed E-state index contributed by atoms with van der Waals surface area (Å²) < 4.78 is 11.6. The van der Waals surface area contributed by atoms with Crippen molar-refractivity contribution in [1.29, 1.82) is 0 Å². The number of ketones is 1. The fourth-order valence-corrected chi connectivity index (χ4v) is 1.38. The Hall–Kier alpha value is -1.20. The fourth-order valence-electron chi connectivity index (χ4n) is 1.38. The van der Waals surface area contributed by atoms with Crippen LogP contribution in [0, 0.1) is 0 Å². The monoisotopic (exact) mass is 226 g/mol. The Morgan fingerprint density at radius 2 is 2.06 bits per heavy atom. The van der Waals surface area contributed by atoms with Crippen molar-refractivity contribution in [2.45, 2.75) is 32.6 Å². The van der Waals surface area contributed by atoms with Gasteiger partial charge in [0.2, 0.25) is 6.29 Å². The Bertz CT molecular complexity index is 343. The molecule has 0 unspecified atom stereocenters. The SMILES string of the molecule is COC(OC)C(=O)Cc1ccn(C(C)C)n1. The number of methoxy groups -OCH3 is 2. The van der Waals surface area contributed by atoms with Gasteiger partial charge in [0, 0.05) is 26.5 Å². The highest BCUT2D eigenvalue weighted by atomic mass is 16.7. The molecule has 0 amide bonds. The minimum absolute atomic E-state index is 0.126. The number of hydrogen-bond donors (Lipinski definition) is 0. The van der Waals surface area contributed by atoms with Gasteiger partial charge in [-0.3, -0.25) is 9.48 Å². The van der Waals surface area contributed by atoms with Crippen LogP contribution in [0.3, 0.4) is 0 Å². The van der Waals surface area contributed by atoms with Crippen molar-refractivity contribution in [3.05, 3.63) is 18.0 Å². The zero-order valence-corrected chi connectivity index (χ0v) is 10.1. The van der Waals surface area contributed by atoms with Crippen LogP contribution in [0.4, 0.5) is 0 Å². The van der Waals surface area contributed by atoms with E-state index in [1.165, 1.54) is 14.2 Å². The predicted molar refractivity (Wildman–Crippen MR) is 59.1 cm³/mol. The number of rotatable bonds is 6. The van der Waals surface area contributed by atoms with E-state index in [0.29, 0.717) is 6.04 Å². The van der Waals surface area contributed by atoms with Crippen LogP contribution in [0.1, 0.15) is 25.6 Å². The largest absolute Gasteiger partial charge is 0.349 e. The standard InChI is InChI=1S/C11H18N2O3/c1-8(2)13-6-5-9(12-13)7-10(14)11(15-3)16-4/h5-6,8,11H,7H2,1-4H3. The first-order valence-electron chi connectivity index (χ1n) is 5.20. The highest BCUT2D eigenvalue weighted by Gasteiger charge is 2.18. The average Bonchev–Trinajstić information content (AvgIpc) is 2.68. The lowest BCUT2D eigenvalue weighted by molar-refractivity contribution is -0.156. The third-order valence-corrected chi connectivity index (χ3v) is 2.24. The molecule has 1 rings (SSSR count). The van der Waals surface area contributed by atoms with Crippen LogP contribution in [0.5, 0.6) is 0 Å². The van der Waals surface area contributed by atoms with E-state index in [1.54, 1.807) is 0 Å². The van der Waals surface area contributed by atoms with Crippen molar-refractivity contribution >= 4 is 5.78 Å².